The number of anilines is 1. The Kier molecular flexibility index (Phi) is 3.93. The molecule has 1 atom stereocenters. The molecule has 1 amide bonds. The summed E-state index contributed by atoms with van der Waals surface area (Å²) >= 11 is 0. The number of nitrogens with zero attached hydrogens (tertiary/aromatic N) is 2. The number of aromatic nitrogens is 2. The van der Waals surface area contributed by atoms with Crippen LogP contribution in [0.2, 0.25) is 0 Å². The maximum atomic E-state index is 12.0. The molecule has 0 aliphatic carbocycles. The maximum absolute atomic E-state index is 12.0. The average Bonchev–Trinajstić information content (AvgIpc) is 2.76. The molecule has 1 aromatic rings. The fourth-order valence-corrected chi connectivity index (χ4v) is 1.78. The molecule has 0 spiro atoms. The molecule has 1 aliphatic rings. The highest BCUT2D eigenvalue weighted by molar-refractivity contribution is 5.95. The highest BCUT2D eigenvalue weighted by Crippen LogP contribution is 2.26. The number of aryl methyl sites for hydroxylation is 1. The van der Waals surface area contributed by atoms with Crippen LogP contribution in [-0.4, -0.2) is 28.8 Å². The predicted molar refractivity (Wildman–Crippen MR) is 64.7 cm³/mol. The smallest absolute Gasteiger partial charge is 0.231 e. The number of carbonyl (C=O) groups is 1. The molecule has 0 bridgehead atoms. The summed E-state index contributed by atoms with van der Waals surface area (Å²) in [5.74, 6) is 0.0699. The SMILES string of the molecule is Cl.Cn1cc(NC(=O)C2(C)CCNC2)cn1. The van der Waals surface area contributed by atoms with E-state index in [2.05, 4.69) is 15.7 Å². The monoisotopic (exact) mass is 244 g/mol. The molecule has 2 N–H and O–H groups in total. The summed E-state index contributed by atoms with van der Waals surface area (Å²) in [7, 11) is 1.83. The van der Waals surface area contributed by atoms with E-state index in [1.54, 1.807) is 17.1 Å². The molecule has 1 fully saturated rings. The molecule has 1 saturated heterocycles. The highest BCUT2D eigenvalue weighted by Gasteiger charge is 2.36. The zero-order valence-electron chi connectivity index (χ0n) is 9.49. The third kappa shape index (κ3) is 2.54. The van der Waals surface area contributed by atoms with Crippen LogP contribution in [0, 0.1) is 5.41 Å². The Balaban J connectivity index is 0.00000128. The topological polar surface area (TPSA) is 59.0 Å². The van der Waals surface area contributed by atoms with Crippen molar-refractivity contribution in [3.8, 4) is 0 Å². The van der Waals surface area contributed by atoms with Crippen LogP contribution < -0.4 is 10.6 Å². The largest absolute Gasteiger partial charge is 0.323 e. The van der Waals surface area contributed by atoms with Crippen molar-refractivity contribution in [3.05, 3.63) is 12.4 Å². The first-order valence-corrected chi connectivity index (χ1v) is 5.11. The van der Waals surface area contributed by atoms with Gasteiger partial charge >= 0.3 is 0 Å². The Hall–Kier alpha value is -1.07. The molecule has 1 aromatic heterocycles. The van der Waals surface area contributed by atoms with Crippen molar-refractivity contribution in [3.63, 3.8) is 0 Å². The quantitative estimate of drug-likeness (QED) is 0.809. The molecule has 6 heteroatoms. The van der Waals surface area contributed by atoms with Crippen LogP contribution in [-0.2, 0) is 11.8 Å². The lowest BCUT2D eigenvalue weighted by atomic mass is 9.89. The van der Waals surface area contributed by atoms with Crippen LogP contribution in [0.15, 0.2) is 12.4 Å². The summed E-state index contributed by atoms with van der Waals surface area (Å²) in [6.45, 7) is 3.65. The summed E-state index contributed by atoms with van der Waals surface area (Å²) in [6, 6.07) is 0. The first-order chi connectivity index (χ1) is 7.10. The molecule has 0 saturated carbocycles. The Morgan fingerprint density at radius 1 is 1.69 bits per heavy atom. The number of hydrogen-bond acceptors (Lipinski definition) is 3. The van der Waals surface area contributed by atoms with Gasteiger partial charge < -0.3 is 10.6 Å². The first kappa shape index (κ1) is 13.0. The van der Waals surface area contributed by atoms with E-state index in [4.69, 9.17) is 0 Å². The van der Waals surface area contributed by atoms with E-state index in [-0.39, 0.29) is 23.7 Å². The first-order valence-electron chi connectivity index (χ1n) is 5.11. The van der Waals surface area contributed by atoms with E-state index in [0.717, 1.165) is 25.2 Å². The molecule has 0 aromatic carbocycles. The molecule has 5 nitrogen and oxygen atoms in total. The van der Waals surface area contributed by atoms with E-state index >= 15 is 0 Å². The molecule has 16 heavy (non-hydrogen) atoms. The summed E-state index contributed by atoms with van der Waals surface area (Å²) in [5.41, 5.74) is 0.478. The van der Waals surface area contributed by atoms with Gasteiger partial charge in [0.05, 0.1) is 17.3 Å². The summed E-state index contributed by atoms with van der Waals surface area (Å²) in [6.07, 6.45) is 4.34. The fourth-order valence-electron chi connectivity index (χ4n) is 1.78. The van der Waals surface area contributed by atoms with E-state index in [9.17, 15) is 4.79 Å². The van der Waals surface area contributed by atoms with Crippen LogP contribution in [0.5, 0.6) is 0 Å². The van der Waals surface area contributed by atoms with E-state index in [1.165, 1.54) is 0 Å². The number of hydrogen-bond donors (Lipinski definition) is 2. The lowest BCUT2D eigenvalue weighted by molar-refractivity contribution is -0.123. The van der Waals surface area contributed by atoms with Crippen LogP contribution in [0.1, 0.15) is 13.3 Å². The number of rotatable bonds is 2. The average molecular weight is 245 g/mol. The van der Waals surface area contributed by atoms with Gasteiger partial charge in [-0.2, -0.15) is 5.10 Å². The third-order valence-corrected chi connectivity index (χ3v) is 2.88. The van der Waals surface area contributed by atoms with E-state index in [0.29, 0.717) is 0 Å². The second-order valence-corrected chi connectivity index (χ2v) is 4.34. The molecule has 1 unspecified atom stereocenters. The van der Waals surface area contributed by atoms with Gasteiger partial charge in [0, 0.05) is 19.8 Å². The van der Waals surface area contributed by atoms with Crippen molar-refractivity contribution in [2.45, 2.75) is 13.3 Å². The molecular weight excluding hydrogens is 228 g/mol. The van der Waals surface area contributed by atoms with Gasteiger partial charge in [-0.25, -0.2) is 0 Å². The second-order valence-electron chi connectivity index (χ2n) is 4.34. The lowest BCUT2D eigenvalue weighted by Gasteiger charge is -2.20. The zero-order chi connectivity index (χ0) is 10.9. The molecule has 2 rings (SSSR count). The van der Waals surface area contributed by atoms with Crippen LogP contribution in [0.3, 0.4) is 0 Å². The van der Waals surface area contributed by atoms with Gasteiger partial charge in [0.1, 0.15) is 0 Å². The minimum absolute atomic E-state index is 0. The van der Waals surface area contributed by atoms with Gasteiger partial charge in [-0.1, -0.05) is 0 Å². The Morgan fingerprint density at radius 2 is 2.44 bits per heavy atom. The van der Waals surface area contributed by atoms with Crippen LogP contribution >= 0.6 is 12.4 Å². The van der Waals surface area contributed by atoms with Gasteiger partial charge in [0.25, 0.3) is 0 Å². The van der Waals surface area contributed by atoms with Crippen molar-refractivity contribution in [2.75, 3.05) is 18.4 Å². The van der Waals surface area contributed by atoms with Gasteiger partial charge in [-0.3, -0.25) is 9.48 Å². The van der Waals surface area contributed by atoms with Gasteiger partial charge in [-0.05, 0) is 19.9 Å². The molecular formula is C10H17ClN4O. The molecule has 1 aliphatic heterocycles. The minimum atomic E-state index is -0.282. The number of nitrogens with one attached hydrogen (secondary N) is 2. The summed E-state index contributed by atoms with van der Waals surface area (Å²) < 4.78 is 1.67. The van der Waals surface area contributed by atoms with Crippen molar-refractivity contribution >= 4 is 24.0 Å². The van der Waals surface area contributed by atoms with Gasteiger partial charge in [0.15, 0.2) is 0 Å². The highest BCUT2D eigenvalue weighted by atomic mass is 35.5. The Morgan fingerprint density at radius 3 is 2.94 bits per heavy atom. The van der Waals surface area contributed by atoms with Crippen molar-refractivity contribution < 1.29 is 4.79 Å². The van der Waals surface area contributed by atoms with Crippen molar-refractivity contribution in [1.82, 2.24) is 15.1 Å². The van der Waals surface area contributed by atoms with Crippen LogP contribution in [0.25, 0.3) is 0 Å². The van der Waals surface area contributed by atoms with Crippen LogP contribution in [0.4, 0.5) is 5.69 Å². The number of halogens is 1. The maximum Gasteiger partial charge on any atom is 0.231 e. The zero-order valence-corrected chi connectivity index (χ0v) is 10.3. The third-order valence-electron chi connectivity index (χ3n) is 2.88. The lowest BCUT2D eigenvalue weighted by Crippen LogP contribution is -2.35. The summed E-state index contributed by atoms with van der Waals surface area (Å²) in [4.78, 5) is 12.0. The standard InChI is InChI=1S/C10H16N4O.ClH/c1-10(3-4-11-7-10)9(15)13-8-5-12-14(2)6-8;/h5-6,11H,3-4,7H2,1-2H3,(H,13,15);1H. The summed E-state index contributed by atoms with van der Waals surface area (Å²) in [5, 5.41) is 10.1. The number of carbonyl (C=O) groups excluding carboxylic acids is 1. The second kappa shape index (κ2) is 4.84. The fraction of sp³-hybridized carbons (Fsp3) is 0.600. The molecule has 2 heterocycles. The normalized spacial score (nSPS) is 23.9. The van der Waals surface area contributed by atoms with Gasteiger partial charge in [-0.15, -0.1) is 12.4 Å². The predicted octanol–water partition coefficient (Wildman–Crippen LogP) is 0.780. The van der Waals surface area contributed by atoms with E-state index in [1.807, 2.05) is 14.0 Å². The Bertz CT molecular complexity index is 371. The van der Waals surface area contributed by atoms with Crippen molar-refractivity contribution in [1.29, 1.82) is 0 Å². The van der Waals surface area contributed by atoms with E-state index < -0.39 is 0 Å². The molecule has 90 valence electrons. The molecule has 0 radical (unpaired) electrons. The number of amides is 1. The minimum Gasteiger partial charge on any atom is -0.323 e. The van der Waals surface area contributed by atoms with Gasteiger partial charge in [0.2, 0.25) is 5.91 Å². The Labute approximate surface area is 101 Å². The van der Waals surface area contributed by atoms with Crippen molar-refractivity contribution in [2.24, 2.45) is 12.5 Å².